The number of rotatable bonds is 46. The Morgan fingerprint density at radius 1 is 0.522 bits per heavy atom. The number of carbonyl (C=O) groups is 1. The Hall–Kier alpha value is -3.10. The van der Waals surface area contributed by atoms with Crippen LogP contribution in [-0.4, -0.2) is 73.4 Å². The van der Waals surface area contributed by atoms with Gasteiger partial charge in [0.2, 0.25) is 5.91 Å². The number of allylic oxidation sites excluding steroid dienone is 19. The van der Waals surface area contributed by atoms with Crippen molar-refractivity contribution in [1.29, 1.82) is 0 Å². The van der Waals surface area contributed by atoms with Crippen molar-refractivity contribution in [1.82, 2.24) is 5.32 Å². The molecule has 0 spiro atoms. The van der Waals surface area contributed by atoms with Crippen LogP contribution in [0.25, 0.3) is 0 Å². The summed E-state index contributed by atoms with van der Waals surface area (Å²) >= 11 is 0. The molecule has 1 amide bonds. The highest BCUT2D eigenvalue weighted by Crippen LogP contribution is 2.43. The largest absolute Gasteiger partial charge is 0.472 e. The molecule has 0 heterocycles. The first-order valence-corrected chi connectivity index (χ1v) is 27.9. The Labute approximate surface area is 412 Å². The van der Waals surface area contributed by atoms with E-state index < -0.39 is 20.0 Å². The maximum absolute atomic E-state index is 12.9. The number of hydrogen-bond donors (Lipinski definition) is 3. The zero-order valence-electron chi connectivity index (χ0n) is 43.3. The van der Waals surface area contributed by atoms with E-state index in [1.54, 1.807) is 6.08 Å². The fraction of sp³-hybridized carbons (Fsp3) is 0.638. The average molecular weight is 952 g/mol. The van der Waals surface area contributed by atoms with Crippen LogP contribution in [0.3, 0.4) is 0 Å². The van der Waals surface area contributed by atoms with Gasteiger partial charge in [0.1, 0.15) is 13.2 Å². The second kappa shape index (κ2) is 47.9. The summed E-state index contributed by atoms with van der Waals surface area (Å²) in [5.74, 6) is -0.216. The van der Waals surface area contributed by atoms with Crippen LogP contribution in [0.4, 0.5) is 0 Å². The number of amides is 1. The SMILES string of the molecule is CC/C=C\C/C=C\C/C=C\C/C=C\C/C=C\C/C=C\C/C=C\CCCCCCCC(=O)NC(COP(=O)(O)OCC[N+](C)(C)C)C(O)/C=C/CC/C=C/CC/C=C/CCCCCCCCCC. The van der Waals surface area contributed by atoms with E-state index in [2.05, 4.69) is 129 Å². The molecule has 67 heavy (non-hydrogen) atoms. The van der Waals surface area contributed by atoms with Gasteiger partial charge in [0.15, 0.2) is 0 Å². The van der Waals surface area contributed by atoms with Gasteiger partial charge < -0.3 is 19.8 Å². The van der Waals surface area contributed by atoms with E-state index in [1.165, 1.54) is 57.8 Å². The first-order valence-electron chi connectivity index (χ1n) is 26.4. The fourth-order valence-electron chi connectivity index (χ4n) is 6.76. The van der Waals surface area contributed by atoms with Crippen LogP contribution < -0.4 is 5.32 Å². The van der Waals surface area contributed by atoms with Gasteiger partial charge in [-0.05, 0) is 103 Å². The summed E-state index contributed by atoms with van der Waals surface area (Å²) in [5, 5.41) is 13.9. The molecule has 0 aromatic carbocycles. The summed E-state index contributed by atoms with van der Waals surface area (Å²) in [5.41, 5.74) is 0. The summed E-state index contributed by atoms with van der Waals surface area (Å²) in [6.45, 7) is 4.63. The number of nitrogens with zero attached hydrogens (tertiary/aromatic N) is 1. The number of carbonyl (C=O) groups excluding carboxylic acids is 1. The molecule has 0 radical (unpaired) electrons. The number of hydrogen-bond acceptors (Lipinski definition) is 5. The van der Waals surface area contributed by atoms with Crippen molar-refractivity contribution >= 4 is 13.7 Å². The molecule has 0 bridgehead atoms. The number of quaternary nitrogens is 1. The highest BCUT2D eigenvalue weighted by molar-refractivity contribution is 7.47. The highest BCUT2D eigenvalue weighted by Gasteiger charge is 2.27. The van der Waals surface area contributed by atoms with E-state index in [0.717, 1.165) is 109 Å². The number of phosphoric ester groups is 1. The maximum atomic E-state index is 12.9. The van der Waals surface area contributed by atoms with Crippen LogP contribution in [0.15, 0.2) is 122 Å². The van der Waals surface area contributed by atoms with Crippen molar-refractivity contribution in [3.63, 3.8) is 0 Å². The van der Waals surface area contributed by atoms with Gasteiger partial charge in [-0.15, -0.1) is 0 Å². The van der Waals surface area contributed by atoms with Crippen molar-refractivity contribution in [3.8, 4) is 0 Å². The van der Waals surface area contributed by atoms with Crippen molar-refractivity contribution in [2.24, 2.45) is 0 Å². The van der Waals surface area contributed by atoms with E-state index in [0.29, 0.717) is 17.4 Å². The molecule has 9 heteroatoms. The molecule has 0 rings (SSSR count). The van der Waals surface area contributed by atoms with E-state index in [9.17, 15) is 19.4 Å². The second-order valence-corrected chi connectivity index (χ2v) is 19.9. The molecule has 3 atom stereocenters. The molecule has 382 valence electrons. The zero-order valence-corrected chi connectivity index (χ0v) is 44.2. The lowest BCUT2D eigenvalue weighted by Gasteiger charge is -2.25. The summed E-state index contributed by atoms with van der Waals surface area (Å²) < 4.78 is 23.6. The summed E-state index contributed by atoms with van der Waals surface area (Å²) in [6.07, 6.45) is 71.4. The van der Waals surface area contributed by atoms with Crippen molar-refractivity contribution in [3.05, 3.63) is 122 Å². The van der Waals surface area contributed by atoms with Gasteiger partial charge in [-0.2, -0.15) is 0 Å². The highest BCUT2D eigenvalue weighted by atomic mass is 31.2. The minimum Gasteiger partial charge on any atom is -0.387 e. The van der Waals surface area contributed by atoms with E-state index in [-0.39, 0.29) is 19.1 Å². The van der Waals surface area contributed by atoms with Crippen LogP contribution in [0, 0.1) is 0 Å². The standard InChI is InChI=1S/C58H99N2O6P/c1-6-8-10-12-14-16-18-20-22-24-26-27-28-29-30-31-32-33-34-36-38-40-42-44-46-48-50-52-58(62)59-56(55-66-67(63,64)65-54-53-60(3,4)5)57(61)51-49-47-45-43-41-39-37-35-25-23-21-19-17-15-13-11-9-7-2/h8,10,14,16,20,22,25-27,29-30,32-33,35-36,38,41,43,49,51,56-57,61H,6-7,9,11-13,15,17-19,21,23-24,28,31,34,37,39-40,42,44-48,50,52-55H2,1-5H3,(H-,59,62,63,64)/p+1/b10-8-,16-14-,22-20-,27-26-,30-29-,33-32-,35-25+,38-36-,43-41+,51-49+. The molecule has 0 aliphatic heterocycles. The van der Waals surface area contributed by atoms with Crippen LogP contribution in [0.1, 0.15) is 187 Å². The zero-order chi connectivity index (χ0) is 49.2. The molecular weight excluding hydrogens is 852 g/mol. The fourth-order valence-corrected chi connectivity index (χ4v) is 7.49. The van der Waals surface area contributed by atoms with Crippen LogP contribution in [0.5, 0.6) is 0 Å². The van der Waals surface area contributed by atoms with Gasteiger partial charge in [0.25, 0.3) is 0 Å². The van der Waals surface area contributed by atoms with Gasteiger partial charge >= 0.3 is 7.82 Å². The molecule has 0 saturated heterocycles. The molecule has 3 unspecified atom stereocenters. The van der Waals surface area contributed by atoms with Crippen LogP contribution in [-0.2, 0) is 18.4 Å². The number of nitrogens with one attached hydrogen (secondary N) is 1. The average Bonchev–Trinajstić information content (AvgIpc) is 3.29. The molecule has 0 aliphatic rings. The Kier molecular flexibility index (Phi) is 45.7. The van der Waals surface area contributed by atoms with Crippen molar-refractivity contribution in [2.75, 3.05) is 40.9 Å². The minimum absolute atomic E-state index is 0.0421. The third-order valence-corrected chi connectivity index (χ3v) is 11.9. The maximum Gasteiger partial charge on any atom is 0.472 e. The Morgan fingerprint density at radius 2 is 0.910 bits per heavy atom. The normalized spacial score (nSPS) is 15.0. The number of unbranched alkanes of at least 4 members (excludes halogenated alkanes) is 15. The van der Waals surface area contributed by atoms with Crippen LogP contribution in [0.2, 0.25) is 0 Å². The third kappa shape index (κ3) is 50.6. The van der Waals surface area contributed by atoms with E-state index >= 15 is 0 Å². The number of aliphatic hydroxyl groups is 1. The molecule has 0 aliphatic carbocycles. The second-order valence-electron chi connectivity index (χ2n) is 18.5. The topological polar surface area (TPSA) is 105 Å². The van der Waals surface area contributed by atoms with Gasteiger partial charge in [-0.1, -0.05) is 200 Å². The monoisotopic (exact) mass is 952 g/mol. The molecule has 8 nitrogen and oxygen atoms in total. The smallest absolute Gasteiger partial charge is 0.387 e. The summed E-state index contributed by atoms with van der Waals surface area (Å²) in [4.78, 5) is 23.2. The first-order chi connectivity index (χ1) is 32.5. The Morgan fingerprint density at radius 3 is 1.37 bits per heavy atom. The lowest BCUT2D eigenvalue weighted by atomic mass is 10.1. The molecule has 0 saturated carbocycles. The van der Waals surface area contributed by atoms with Gasteiger partial charge in [0.05, 0.1) is 39.9 Å². The van der Waals surface area contributed by atoms with Gasteiger partial charge in [-0.3, -0.25) is 13.8 Å². The third-order valence-electron chi connectivity index (χ3n) is 10.9. The van der Waals surface area contributed by atoms with Crippen LogP contribution >= 0.6 is 7.82 Å². The number of likely N-dealkylation sites (N-methyl/N-ethyl adjacent to an activating group) is 1. The summed E-state index contributed by atoms with van der Waals surface area (Å²) in [7, 11) is 1.51. The van der Waals surface area contributed by atoms with Crippen molar-refractivity contribution < 1.29 is 32.9 Å². The van der Waals surface area contributed by atoms with Crippen molar-refractivity contribution in [2.45, 2.75) is 199 Å². The predicted octanol–water partition coefficient (Wildman–Crippen LogP) is 15.8. The minimum atomic E-state index is -4.37. The molecule has 0 fully saturated rings. The van der Waals surface area contributed by atoms with E-state index in [1.807, 2.05) is 27.2 Å². The molecule has 3 N–H and O–H groups in total. The Bertz CT molecular complexity index is 1500. The lowest BCUT2D eigenvalue weighted by molar-refractivity contribution is -0.870. The number of aliphatic hydroxyl groups excluding tert-OH is 1. The quantitative estimate of drug-likeness (QED) is 0.0243. The van der Waals surface area contributed by atoms with Gasteiger partial charge in [-0.25, -0.2) is 4.57 Å². The predicted molar refractivity (Wildman–Crippen MR) is 290 cm³/mol. The number of phosphoric acid groups is 1. The summed E-state index contributed by atoms with van der Waals surface area (Å²) in [6, 6.07) is -0.890. The molecule has 0 aromatic heterocycles. The van der Waals surface area contributed by atoms with E-state index in [4.69, 9.17) is 9.05 Å². The molecular formula is C58H100N2O6P+. The van der Waals surface area contributed by atoms with Gasteiger partial charge in [0, 0.05) is 6.42 Å². The first kappa shape index (κ1) is 63.9. The Balaban J connectivity index is 4.43. The molecule has 0 aromatic rings. The lowest BCUT2D eigenvalue weighted by Crippen LogP contribution is -2.45.